The Kier molecular flexibility index (Phi) is 10.0. The van der Waals surface area contributed by atoms with Crippen molar-refractivity contribution in [2.75, 3.05) is 19.0 Å². The number of ether oxygens (including phenoxy) is 2. The molecule has 15 heteroatoms. The maximum Gasteiger partial charge on any atom is 0.354 e. The van der Waals surface area contributed by atoms with Gasteiger partial charge in [0.2, 0.25) is 0 Å². The SMILES string of the molecule is COC(=O)c1ccc([C@H](C)NC(=O)c2cc(C(=O)O)n3[nH]c(=O)cc3n2)cc1.Cl.NCc1ccc2c(c1)NC(=O)CO2. The molecular formula is C27H27ClN6O8. The predicted molar refractivity (Wildman–Crippen MR) is 152 cm³/mol. The Morgan fingerprint density at radius 1 is 1.14 bits per heavy atom. The molecule has 2 aromatic carbocycles. The van der Waals surface area contributed by atoms with Gasteiger partial charge in [-0.25, -0.2) is 19.1 Å². The maximum absolute atomic E-state index is 12.5. The number of aromatic carboxylic acids is 1. The molecule has 2 amide bonds. The zero-order chi connectivity index (χ0) is 29.7. The molecular weight excluding hydrogens is 572 g/mol. The molecule has 0 saturated heterocycles. The van der Waals surface area contributed by atoms with Gasteiger partial charge in [-0.15, -0.1) is 12.4 Å². The van der Waals surface area contributed by atoms with Gasteiger partial charge in [-0.2, -0.15) is 0 Å². The Morgan fingerprint density at radius 3 is 2.50 bits per heavy atom. The molecule has 3 heterocycles. The lowest BCUT2D eigenvalue weighted by atomic mass is 10.1. The van der Waals surface area contributed by atoms with E-state index in [9.17, 15) is 29.1 Å². The summed E-state index contributed by atoms with van der Waals surface area (Å²) in [6.07, 6.45) is 0. The average molecular weight is 599 g/mol. The standard InChI is InChI=1S/C18H16N4O6.C9H10N2O2.ClH/c1-9(10-3-5-11(6-4-10)18(27)28-2)19-16(24)12-7-13(17(25)26)22-14(20-12)8-15(23)21-22;10-4-6-1-2-8-7(3-6)11-9(12)5-13-8;/h3-9H,1-2H3,(H,19,24)(H,21,23)(H,25,26);1-3H,4-5,10H2,(H,11,12);1H/t9-;;/m0../s1. The number of rotatable bonds is 6. The number of anilines is 1. The predicted octanol–water partition coefficient (Wildman–Crippen LogP) is 1.90. The van der Waals surface area contributed by atoms with Crippen molar-refractivity contribution >= 4 is 47.5 Å². The summed E-state index contributed by atoms with van der Waals surface area (Å²) >= 11 is 0. The average Bonchev–Trinajstić information content (AvgIpc) is 3.35. The molecule has 1 aliphatic heterocycles. The number of aromatic amines is 1. The van der Waals surface area contributed by atoms with Crippen LogP contribution in [-0.2, 0) is 16.1 Å². The third-order valence-electron chi connectivity index (χ3n) is 6.00. The molecule has 4 aromatic rings. The van der Waals surface area contributed by atoms with Gasteiger partial charge in [0.1, 0.15) is 11.4 Å². The van der Waals surface area contributed by atoms with Crippen molar-refractivity contribution in [1.82, 2.24) is 19.9 Å². The van der Waals surface area contributed by atoms with Crippen LogP contribution in [0.4, 0.5) is 5.69 Å². The number of nitrogens with two attached hydrogens (primary N) is 1. The Labute approximate surface area is 244 Å². The van der Waals surface area contributed by atoms with E-state index in [1.165, 1.54) is 7.11 Å². The number of nitrogens with zero attached hydrogens (tertiary/aromatic N) is 2. The fraction of sp³-hybridized carbons (Fsp3) is 0.185. The van der Waals surface area contributed by atoms with Crippen molar-refractivity contribution in [3.8, 4) is 5.75 Å². The second-order valence-corrected chi connectivity index (χ2v) is 8.83. The summed E-state index contributed by atoms with van der Waals surface area (Å²) in [6.45, 7) is 2.28. The van der Waals surface area contributed by atoms with Gasteiger partial charge in [-0.3, -0.25) is 19.5 Å². The Morgan fingerprint density at radius 2 is 1.86 bits per heavy atom. The van der Waals surface area contributed by atoms with E-state index in [4.69, 9.17) is 10.5 Å². The molecule has 42 heavy (non-hydrogen) atoms. The Hall–Kier alpha value is -5.21. The number of carbonyl (C=O) groups is 4. The number of halogens is 1. The number of methoxy groups -OCH3 is 1. The van der Waals surface area contributed by atoms with Crippen LogP contribution in [0, 0.1) is 0 Å². The van der Waals surface area contributed by atoms with Gasteiger partial charge in [-0.05, 0) is 42.3 Å². The number of carboxylic acids is 1. The zero-order valence-electron chi connectivity index (χ0n) is 22.4. The molecule has 0 bridgehead atoms. The molecule has 1 atom stereocenters. The topological polar surface area (TPSA) is 207 Å². The first-order valence-electron chi connectivity index (χ1n) is 12.2. The minimum absolute atomic E-state index is 0. The van der Waals surface area contributed by atoms with Crippen LogP contribution in [-0.4, -0.2) is 57.2 Å². The number of nitrogens with one attached hydrogen (secondary N) is 3. The number of aromatic nitrogens is 3. The summed E-state index contributed by atoms with van der Waals surface area (Å²) in [6, 6.07) is 13.7. The van der Waals surface area contributed by atoms with Gasteiger partial charge >= 0.3 is 11.9 Å². The second-order valence-electron chi connectivity index (χ2n) is 8.83. The number of amides is 2. The summed E-state index contributed by atoms with van der Waals surface area (Å²) in [7, 11) is 1.28. The minimum atomic E-state index is -1.32. The van der Waals surface area contributed by atoms with Crippen LogP contribution in [0.1, 0.15) is 55.4 Å². The van der Waals surface area contributed by atoms with Gasteiger partial charge in [0.25, 0.3) is 17.4 Å². The van der Waals surface area contributed by atoms with Gasteiger partial charge in [0.15, 0.2) is 17.9 Å². The number of carboxylic acid groups (broad SMARTS) is 1. The third-order valence-corrected chi connectivity index (χ3v) is 6.00. The van der Waals surface area contributed by atoms with Gasteiger partial charge in [0, 0.05) is 18.7 Å². The summed E-state index contributed by atoms with van der Waals surface area (Å²) in [5, 5.41) is 17.0. The molecule has 0 unspecified atom stereocenters. The molecule has 0 fully saturated rings. The fourth-order valence-electron chi connectivity index (χ4n) is 3.91. The Balaban J connectivity index is 0.000000289. The monoisotopic (exact) mass is 598 g/mol. The van der Waals surface area contributed by atoms with Gasteiger partial charge in [-0.1, -0.05) is 18.2 Å². The van der Waals surface area contributed by atoms with E-state index in [1.54, 1.807) is 31.2 Å². The lowest BCUT2D eigenvalue weighted by Crippen LogP contribution is -2.28. The first-order valence-corrected chi connectivity index (χ1v) is 12.2. The first-order chi connectivity index (χ1) is 19.6. The minimum Gasteiger partial charge on any atom is -0.482 e. The van der Waals surface area contributed by atoms with Gasteiger partial charge < -0.3 is 30.9 Å². The molecule has 220 valence electrons. The summed E-state index contributed by atoms with van der Waals surface area (Å²) in [5.74, 6) is -1.81. The molecule has 14 nitrogen and oxygen atoms in total. The largest absolute Gasteiger partial charge is 0.482 e. The normalized spacial score (nSPS) is 12.3. The quantitative estimate of drug-likeness (QED) is 0.204. The summed E-state index contributed by atoms with van der Waals surface area (Å²) < 4.78 is 10.8. The van der Waals surface area contributed by atoms with Crippen LogP contribution >= 0.6 is 12.4 Å². The van der Waals surface area contributed by atoms with Crippen LogP contribution in [0.3, 0.4) is 0 Å². The highest BCUT2D eigenvalue weighted by atomic mass is 35.5. The van der Waals surface area contributed by atoms with Crippen molar-refractivity contribution in [1.29, 1.82) is 0 Å². The van der Waals surface area contributed by atoms with Crippen LogP contribution in [0.5, 0.6) is 5.75 Å². The van der Waals surface area contributed by atoms with E-state index < -0.39 is 29.4 Å². The van der Waals surface area contributed by atoms with E-state index >= 15 is 0 Å². The molecule has 1 aliphatic rings. The van der Waals surface area contributed by atoms with E-state index in [-0.39, 0.29) is 42.0 Å². The summed E-state index contributed by atoms with van der Waals surface area (Å²) in [4.78, 5) is 61.9. The zero-order valence-corrected chi connectivity index (χ0v) is 23.2. The number of carbonyl (C=O) groups excluding carboxylic acids is 3. The van der Waals surface area contributed by atoms with Crippen molar-refractivity contribution in [2.45, 2.75) is 19.5 Å². The van der Waals surface area contributed by atoms with Crippen molar-refractivity contribution in [3.05, 3.63) is 93.0 Å². The number of H-pyrrole nitrogens is 1. The van der Waals surface area contributed by atoms with Crippen molar-refractivity contribution in [2.24, 2.45) is 5.73 Å². The molecule has 2 aromatic heterocycles. The lowest BCUT2D eigenvalue weighted by molar-refractivity contribution is -0.118. The van der Waals surface area contributed by atoms with Crippen LogP contribution in [0.25, 0.3) is 5.65 Å². The molecule has 5 rings (SSSR count). The van der Waals surface area contributed by atoms with Crippen LogP contribution in [0.2, 0.25) is 0 Å². The van der Waals surface area contributed by atoms with Crippen LogP contribution in [0.15, 0.2) is 59.4 Å². The number of esters is 1. The van der Waals surface area contributed by atoms with E-state index in [0.717, 1.165) is 27.8 Å². The van der Waals surface area contributed by atoms with E-state index in [1.807, 2.05) is 18.2 Å². The molecule has 6 N–H and O–H groups in total. The third kappa shape index (κ3) is 7.10. The van der Waals surface area contributed by atoms with E-state index in [2.05, 4.69) is 25.5 Å². The number of hydrogen-bond acceptors (Lipinski definition) is 9. The number of benzene rings is 2. The lowest BCUT2D eigenvalue weighted by Gasteiger charge is -2.18. The van der Waals surface area contributed by atoms with E-state index in [0.29, 0.717) is 23.5 Å². The maximum atomic E-state index is 12.5. The first kappa shape index (κ1) is 31.3. The second kappa shape index (κ2) is 13.4. The summed E-state index contributed by atoms with van der Waals surface area (Å²) in [5.41, 5.74) is 7.28. The number of fused-ring (bicyclic) bond motifs is 2. The smallest absolute Gasteiger partial charge is 0.354 e. The Bertz CT molecular complexity index is 1700. The molecule has 0 radical (unpaired) electrons. The van der Waals surface area contributed by atoms with Crippen molar-refractivity contribution < 1.29 is 33.8 Å². The highest BCUT2D eigenvalue weighted by Crippen LogP contribution is 2.28. The molecule has 0 saturated carbocycles. The fourth-order valence-corrected chi connectivity index (χ4v) is 3.91. The highest BCUT2D eigenvalue weighted by molar-refractivity contribution is 5.96. The molecule has 0 spiro atoms. The van der Waals surface area contributed by atoms with Crippen LogP contribution < -0.4 is 26.7 Å². The van der Waals surface area contributed by atoms with Crippen molar-refractivity contribution in [3.63, 3.8) is 0 Å². The van der Waals surface area contributed by atoms with Gasteiger partial charge in [0.05, 0.1) is 24.4 Å². The number of hydrogen-bond donors (Lipinski definition) is 5. The molecule has 0 aliphatic carbocycles. The highest BCUT2D eigenvalue weighted by Gasteiger charge is 2.19.